The van der Waals surface area contributed by atoms with Gasteiger partial charge in [-0.3, -0.25) is 0 Å². The molecule has 3 unspecified atom stereocenters. The van der Waals surface area contributed by atoms with Crippen LogP contribution in [0.25, 0.3) is 0 Å². The van der Waals surface area contributed by atoms with Gasteiger partial charge in [0.15, 0.2) is 0 Å². The zero-order valence-corrected chi connectivity index (χ0v) is 7.16. The van der Waals surface area contributed by atoms with E-state index in [0.29, 0.717) is 5.92 Å². The summed E-state index contributed by atoms with van der Waals surface area (Å²) in [4.78, 5) is 0. The largest absolute Gasteiger partial charge is 0.396 e. The number of hydrogen-bond acceptors (Lipinski definition) is 2. The Morgan fingerprint density at radius 1 is 1.36 bits per heavy atom. The highest BCUT2D eigenvalue weighted by atomic mass is 16.3. The highest BCUT2D eigenvalue weighted by molar-refractivity contribution is 4.77. The second kappa shape index (κ2) is 4.07. The molecule has 0 aromatic rings. The molecule has 3 atom stereocenters. The summed E-state index contributed by atoms with van der Waals surface area (Å²) in [5.41, 5.74) is 0. The first-order chi connectivity index (χ1) is 5.24. The van der Waals surface area contributed by atoms with E-state index in [0.717, 1.165) is 31.6 Å². The Hall–Kier alpha value is -0.0800. The minimum Gasteiger partial charge on any atom is -0.396 e. The molecule has 11 heavy (non-hydrogen) atoms. The molecule has 2 N–H and O–H groups in total. The van der Waals surface area contributed by atoms with Gasteiger partial charge in [0.25, 0.3) is 0 Å². The standard InChI is InChI=1S/C9H18O2/c1-7-2-3-9(11)8(6-7)4-5-10/h7-11H,2-6H2,1H3. The van der Waals surface area contributed by atoms with Crippen molar-refractivity contribution < 1.29 is 10.2 Å². The smallest absolute Gasteiger partial charge is 0.0569 e. The van der Waals surface area contributed by atoms with Gasteiger partial charge < -0.3 is 10.2 Å². The maximum atomic E-state index is 9.51. The van der Waals surface area contributed by atoms with Crippen LogP contribution in [0.3, 0.4) is 0 Å². The molecule has 2 nitrogen and oxygen atoms in total. The molecular formula is C9H18O2. The summed E-state index contributed by atoms with van der Waals surface area (Å²) in [6.45, 7) is 2.44. The third-order valence-electron chi connectivity index (χ3n) is 2.70. The molecule has 1 rings (SSSR count). The van der Waals surface area contributed by atoms with Gasteiger partial charge in [-0.05, 0) is 37.5 Å². The lowest BCUT2D eigenvalue weighted by atomic mass is 9.79. The summed E-state index contributed by atoms with van der Waals surface area (Å²) in [6.07, 6.45) is 3.76. The van der Waals surface area contributed by atoms with Gasteiger partial charge in [-0.2, -0.15) is 0 Å². The molecular weight excluding hydrogens is 140 g/mol. The van der Waals surface area contributed by atoms with Gasteiger partial charge in [0.2, 0.25) is 0 Å². The SMILES string of the molecule is CC1CCC(O)C(CCO)C1. The fourth-order valence-electron chi connectivity index (χ4n) is 1.96. The van der Waals surface area contributed by atoms with Crippen LogP contribution in [0.4, 0.5) is 0 Å². The first kappa shape index (κ1) is 9.01. The van der Waals surface area contributed by atoms with Crippen molar-refractivity contribution in [3.05, 3.63) is 0 Å². The van der Waals surface area contributed by atoms with Crippen LogP contribution in [-0.4, -0.2) is 22.9 Å². The van der Waals surface area contributed by atoms with Crippen molar-refractivity contribution >= 4 is 0 Å². The normalized spacial score (nSPS) is 39.0. The van der Waals surface area contributed by atoms with Crippen LogP contribution in [0.2, 0.25) is 0 Å². The van der Waals surface area contributed by atoms with E-state index in [1.807, 2.05) is 0 Å². The Kier molecular flexibility index (Phi) is 3.34. The van der Waals surface area contributed by atoms with Crippen LogP contribution in [0.1, 0.15) is 32.6 Å². The predicted octanol–water partition coefficient (Wildman–Crippen LogP) is 1.17. The molecule has 0 aliphatic heterocycles. The van der Waals surface area contributed by atoms with E-state index < -0.39 is 0 Å². The van der Waals surface area contributed by atoms with E-state index in [4.69, 9.17) is 5.11 Å². The number of hydrogen-bond donors (Lipinski definition) is 2. The predicted molar refractivity (Wildman–Crippen MR) is 44.2 cm³/mol. The molecule has 1 fully saturated rings. The van der Waals surface area contributed by atoms with Gasteiger partial charge >= 0.3 is 0 Å². The summed E-state index contributed by atoms with van der Waals surface area (Å²) in [6, 6.07) is 0. The lowest BCUT2D eigenvalue weighted by Gasteiger charge is -2.31. The van der Waals surface area contributed by atoms with Crippen molar-refractivity contribution in [2.45, 2.75) is 38.7 Å². The van der Waals surface area contributed by atoms with Crippen LogP contribution in [0.15, 0.2) is 0 Å². The zero-order valence-electron chi connectivity index (χ0n) is 7.16. The summed E-state index contributed by atoms with van der Waals surface area (Å²) < 4.78 is 0. The Labute approximate surface area is 68.2 Å². The maximum absolute atomic E-state index is 9.51. The zero-order chi connectivity index (χ0) is 8.27. The molecule has 66 valence electrons. The first-order valence-electron chi connectivity index (χ1n) is 4.53. The molecule has 1 aliphatic carbocycles. The van der Waals surface area contributed by atoms with Gasteiger partial charge in [0, 0.05) is 6.61 Å². The number of aliphatic hydroxyl groups excluding tert-OH is 2. The van der Waals surface area contributed by atoms with Crippen molar-refractivity contribution in [3.63, 3.8) is 0 Å². The molecule has 0 amide bonds. The lowest BCUT2D eigenvalue weighted by Crippen LogP contribution is -2.28. The molecule has 0 aromatic carbocycles. The molecule has 0 radical (unpaired) electrons. The van der Waals surface area contributed by atoms with Crippen molar-refractivity contribution in [1.82, 2.24) is 0 Å². The summed E-state index contributed by atoms with van der Waals surface area (Å²) in [7, 11) is 0. The van der Waals surface area contributed by atoms with Gasteiger partial charge in [-0.15, -0.1) is 0 Å². The van der Waals surface area contributed by atoms with Gasteiger partial charge in [-0.1, -0.05) is 6.92 Å². The van der Waals surface area contributed by atoms with Gasteiger partial charge in [0.1, 0.15) is 0 Å². The molecule has 1 saturated carbocycles. The molecule has 2 heteroatoms. The van der Waals surface area contributed by atoms with E-state index >= 15 is 0 Å². The molecule has 1 aliphatic rings. The van der Waals surface area contributed by atoms with E-state index in [-0.39, 0.29) is 12.7 Å². The van der Waals surface area contributed by atoms with E-state index in [9.17, 15) is 5.11 Å². The molecule has 0 saturated heterocycles. The quantitative estimate of drug-likeness (QED) is 0.633. The summed E-state index contributed by atoms with van der Waals surface area (Å²) in [5.74, 6) is 1.08. The van der Waals surface area contributed by atoms with Crippen LogP contribution < -0.4 is 0 Å². The maximum Gasteiger partial charge on any atom is 0.0569 e. The fourth-order valence-corrected chi connectivity index (χ4v) is 1.96. The average Bonchev–Trinajstić information content (AvgIpc) is 1.98. The average molecular weight is 158 g/mol. The van der Waals surface area contributed by atoms with Crippen molar-refractivity contribution in [1.29, 1.82) is 0 Å². The van der Waals surface area contributed by atoms with Gasteiger partial charge in [-0.25, -0.2) is 0 Å². The van der Waals surface area contributed by atoms with E-state index in [1.165, 1.54) is 0 Å². The third kappa shape index (κ3) is 2.46. The van der Waals surface area contributed by atoms with E-state index in [1.54, 1.807) is 0 Å². The van der Waals surface area contributed by atoms with Crippen molar-refractivity contribution in [2.24, 2.45) is 11.8 Å². The van der Waals surface area contributed by atoms with Gasteiger partial charge in [0.05, 0.1) is 6.10 Å². The van der Waals surface area contributed by atoms with Crippen LogP contribution in [0.5, 0.6) is 0 Å². The monoisotopic (exact) mass is 158 g/mol. The number of aliphatic hydroxyl groups is 2. The highest BCUT2D eigenvalue weighted by Gasteiger charge is 2.25. The molecule has 0 bridgehead atoms. The number of rotatable bonds is 2. The highest BCUT2D eigenvalue weighted by Crippen LogP contribution is 2.30. The second-order valence-corrected chi connectivity index (χ2v) is 3.76. The van der Waals surface area contributed by atoms with Crippen molar-refractivity contribution in [3.8, 4) is 0 Å². The lowest BCUT2D eigenvalue weighted by molar-refractivity contribution is 0.0383. The Balaban J connectivity index is 2.34. The van der Waals surface area contributed by atoms with Crippen LogP contribution >= 0.6 is 0 Å². The third-order valence-corrected chi connectivity index (χ3v) is 2.70. The minimum atomic E-state index is -0.154. The Morgan fingerprint density at radius 3 is 2.73 bits per heavy atom. The second-order valence-electron chi connectivity index (χ2n) is 3.76. The van der Waals surface area contributed by atoms with Crippen LogP contribution in [-0.2, 0) is 0 Å². The van der Waals surface area contributed by atoms with Crippen molar-refractivity contribution in [2.75, 3.05) is 6.61 Å². The summed E-state index contributed by atoms with van der Waals surface area (Å²) >= 11 is 0. The fraction of sp³-hybridized carbons (Fsp3) is 1.00. The Morgan fingerprint density at radius 2 is 2.09 bits per heavy atom. The molecule has 0 aromatic heterocycles. The first-order valence-corrected chi connectivity index (χ1v) is 4.53. The molecule has 0 spiro atoms. The van der Waals surface area contributed by atoms with E-state index in [2.05, 4.69) is 6.92 Å². The Bertz CT molecular complexity index is 114. The topological polar surface area (TPSA) is 40.5 Å². The minimum absolute atomic E-state index is 0.154. The molecule has 0 heterocycles. The van der Waals surface area contributed by atoms with Crippen LogP contribution in [0, 0.1) is 11.8 Å². The summed E-state index contributed by atoms with van der Waals surface area (Å²) in [5, 5.41) is 18.2.